The van der Waals surface area contributed by atoms with Crippen molar-refractivity contribution in [3.05, 3.63) is 94.5 Å². The Morgan fingerprint density at radius 1 is 0.966 bits per heavy atom. The zero-order valence-corrected chi connectivity index (χ0v) is 18.1. The van der Waals surface area contributed by atoms with E-state index in [-0.39, 0.29) is 4.90 Å². The standard InChI is InChI=1S/C22H19BrN2O3S/c1-28-22-10-6-5-9-19(22)21-15-20(16-11-13-17(23)14-12-16)24-25(21)29(26,27)18-7-3-2-4-8-18/h2-14,21H,15H2,1H3/t21-/m0/s1. The molecule has 0 fully saturated rings. The molecule has 0 aromatic heterocycles. The quantitative estimate of drug-likeness (QED) is 0.527. The minimum Gasteiger partial charge on any atom is -0.496 e. The first-order chi connectivity index (χ1) is 14.0. The van der Waals surface area contributed by atoms with Crippen molar-refractivity contribution < 1.29 is 13.2 Å². The third-order valence-electron chi connectivity index (χ3n) is 4.84. The normalized spacial score (nSPS) is 16.6. The van der Waals surface area contributed by atoms with Gasteiger partial charge in [-0.15, -0.1) is 0 Å². The van der Waals surface area contributed by atoms with Gasteiger partial charge in [-0.25, -0.2) is 0 Å². The molecule has 4 rings (SSSR count). The molecule has 1 heterocycles. The van der Waals surface area contributed by atoms with Gasteiger partial charge in [0.15, 0.2) is 0 Å². The minimum atomic E-state index is -3.83. The van der Waals surface area contributed by atoms with Crippen LogP contribution in [0.1, 0.15) is 23.6 Å². The summed E-state index contributed by atoms with van der Waals surface area (Å²) < 4.78 is 34.5. The second-order valence-corrected chi connectivity index (χ2v) is 9.32. The fourth-order valence-electron chi connectivity index (χ4n) is 3.40. The molecule has 1 aliphatic heterocycles. The van der Waals surface area contributed by atoms with Gasteiger partial charge in [0.1, 0.15) is 5.75 Å². The molecule has 0 radical (unpaired) electrons. The molecule has 0 saturated carbocycles. The van der Waals surface area contributed by atoms with Gasteiger partial charge >= 0.3 is 0 Å². The predicted octanol–water partition coefficient (Wildman–Crippen LogP) is 5.00. The van der Waals surface area contributed by atoms with E-state index in [4.69, 9.17) is 4.74 Å². The maximum absolute atomic E-state index is 13.4. The van der Waals surface area contributed by atoms with E-state index in [0.29, 0.717) is 17.9 Å². The zero-order chi connectivity index (χ0) is 20.4. The molecular formula is C22H19BrN2O3S. The van der Waals surface area contributed by atoms with Crippen molar-refractivity contribution in [3.63, 3.8) is 0 Å². The Morgan fingerprint density at radius 3 is 2.31 bits per heavy atom. The number of hydrogen-bond donors (Lipinski definition) is 0. The van der Waals surface area contributed by atoms with Crippen molar-refractivity contribution in [1.82, 2.24) is 4.41 Å². The topological polar surface area (TPSA) is 59.0 Å². The van der Waals surface area contributed by atoms with Gasteiger partial charge in [-0.3, -0.25) is 0 Å². The highest BCUT2D eigenvalue weighted by atomic mass is 79.9. The van der Waals surface area contributed by atoms with E-state index >= 15 is 0 Å². The highest BCUT2D eigenvalue weighted by Gasteiger charge is 2.38. The molecule has 148 valence electrons. The highest BCUT2D eigenvalue weighted by Crippen LogP contribution is 2.40. The predicted molar refractivity (Wildman–Crippen MR) is 116 cm³/mol. The molecule has 0 bridgehead atoms. The van der Waals surface area contributed by atoms with Gasteiger partial charge in [-0.1, -0.05) is 64.5 Å². The van der Waals surface area contributed by atoms with Gasteiger partial charge in [0, 0.05) is 16.5 Å². The second kappa shape index (κ2) is 8.00. The third-order valence-corrected chi connectivity index (χ3v) is 7.06. The highest BCUT2D eigenvalue weighted by molar-refractivity contribution is 9.10. The SMILES string of the molecule is COc1ccccc1[C@@H]1CC(c2ccc(Br)cc2)=NN1S(=O)(=O)c1ccccc1. The van der Waals surface area contributed by atoms with E-state index in [1.807, 2.05) is 48.5 Å². The number of halogens is 1. The fraction of sp³-hybridized carbons (Fsp3) is 0.136. The number of ether oxygens (including phenoxy) is 1. The van der Waals surface area contributed by atoms with Crippen molar-refractivity contribution in [1.29, 1.82) is 0 Å². The maximum Gasteiger partial charge on any atom is 0.279 e. The Kier molecular flexibility index (Phi) is 5.43. The first-order valence-electron chi connectivity index (χ1n) is 9.06. The summed E-state index contributed by atoms with van der Waals surface area (Å²) in [6, 6.07) is 23.1. The van der Waals surface area contributed by atoms with E-state index in [1.165, 1.54) is 4.41 Å². The van der Waals surface area contributed by atoms with E-state index in [9.17, 15) is 8.42 Å². The van der Waals surface area contributed by atoms with E-state index < -0.39 is 16.1 Å². The lowest BCUT2D eigenvalue weighted by molar-refractivity contribution is 0.350. The van der Waals surface area contributed by atoms with Crippen LogP contribution in [0.3, 0.4) is 0 Å². The molecule has 0 spiro atoms. The summed E-state index contributed by atoms with van der Waals surface area (Å²) in [4.78, 5) is 0.209. The molecule has 0 amide bonds. The number of nitrogens with zero attached hydrogens (tertiary/aromatic N) is 2. The van der Waals surface area contributed by atoms with Gasteiger partial charge in [0.05, 0.1) is 23.8 Å². The van der Waals surface area contributed by atoms with Crippen LogP contribution in [0.2, 0.25) is 0 Å². The van der Waals surface area contributed by atoms with E-state index in [1.54, 1.807) is 37.4 Å². The Morgan fingerprint density at radius 2 is 1.62 bits per heavy atom. The molecule has 7 heteroatoms. The molecule has 3 aromatic carbocycles. The molecule has 5 nitrogen and oxygen atoms in total. The van der Waals surface area contributed by atoms with Gasteiger partial charge in [-0.2, -0.15) is 17.9 Å². The Balaban J connectivity index is 1.83. The van der Waals surface area contributed by atoms with Crippen LogP contribution in [0.25, 0.3) is 0 Å². The van der Waals surface area contributed by atoms with Crippen LogP contribution in [0, 0.1) is 0 Å². The summed E-state index contributed by atoms with van der Waals surface area (Å²) in [7, 11) is -2.25. The van der Waals surface area contributed by atoms with Crippen LogP contribution in [-0.2, 0) is 10.0 Å². The van der Waals surface area contributed by atoms with Gasteiger partial charge in [-0.05, 0) is 35.9 Å². The first-order valence-corrected chi connectivity index (χ1v) is 11.3. The lowest BCUT2D eigenvalue weighted by Crippen LogP contribution is -2.27. The van der Waals surface area contributed by atoms with Crippen LogP contribution < -0.4 is 4.74 Å². The van der Waals surface area contributed by atoms with E-state index in [2.05, 4.69) is 21.0 Å². The van der Waals surface area contributed by atoms with Crippen molar-refractivity contribution in [2.75, 3.05) is 7.11 Å². The van der Waals surface area contributed by atoms with Gasteiger partial charge < -0.3 is 4.74 Å². The van der Waals surface area contributed by atoms with Crippen LogP contribution in [-0.4, -0.2) is 25.7 Å². The summed E-state index contributed by atoms with van der Waals surface area (Å²) in [6.45, 7) is 0. The lowest BCUT2D eigenvalue weighted by Gasteiger charge is -2.24. The van der Waals surface area contributed by atoms with Crippen molar-refractivity contribution in [3.8, 4) is 5.75 Å². The average Bonchev–Trinajstić information content (AvgIpc) is 3.21. The number of benzene rings is 3. The first kappa shape index (κ1) is 19.7. The number of hydrazone groups is 1. The smallest absolute Gasteiger partial charge is 0.279 e. The molecule has 0 saturated heterocycles. The number of para-hydroxylation sites is 1. The average molecular weight is 471 g/mol. The van der Waals surface area contributed by atoms with Crippen LogP contribution >= 0.6 is 15.9 Å². The lowest BCUT2D eigenvalue weighted by atomic mass is 9.98. The molecule has 0 aliphatic carbocycles. The molecule has 1 atom stereocenters. The number of rotatable bonds is 5. The summed E-state index contributed by atoms with van der Waals surface area (Å²) in [5.74, 6) is 0.637. The summed E-state index contributed by atoms with van der Waals surface area (Å²) in [5.41, 5.74) is 2.39. The fourth-order valence-corrected chi connectivity index (χ4v) is 5.11. The number of methoxy groups -OCH3 is 1. The number of sulfonamides is 1. The third kappa shape index (κ3) is 3.80. The van der Waals surface area contributed by atoms with Crippen molar-refractivity contribution in [2.45, 2.75) is 17.4 Å². The summed E-state index contributed by atoms with van der Waals surface area (Å²) >= 11 is 3.43. The molecule has 3 aromatic rings. The van der Waals surface area contributed by atoms with Crippen molar-refractivity contribution in [2.24, 2.45) is 5.10 Å². The van der Waals surface area contributed by atoms with Crippen LogP contribution in [0.4, 0.5) is 0 Å². The van der Waals surface area contributed by atoms with Crippen LogP contribution in [0.5, 0.6) is 5.75 Å². The molecule has 1 aliphatic rings. The van der Waals surface area contributed by atoms with Gasteiger partial charge in [0.25, 0.3) is 10.0 Å². The maximum atomic E-state index is 13.4. The number of hydrogen-bond acceptors (Lipinski definition) is 4. The molecule has 29 heavy (non-hydrogen) atoms. The molecular weight excluding hydrogens is 452 g/mol. The monoisotopic (exact) mass is 470 g/mol. The Bertz CT molecular complexity index is 1150. The Hall–Kier alpha value is -2.64. The molecule has 0 N–H and O–H groups in total. The van der Waals surface area contributed by atoms with Gasteiger partial charge in [0.2, 0.25) is 0 Å². The minimum absolute atomic E-state index is 0.209. The molecule has 0 unspecified atom stereocenters. The Labute approximate surface area is 178 Å². The van der Waals surface area contributed by atoms with E-state index in [0.717, 1.165) is 15.6 Å². The second-order valence-electron chi connectivity index (χ2n) is 6.61. The zero-order valence-electron chi connectivity index (χ0n) is 15.7. The van der Waals surface area contributed by atoms with Crippen LogP contribution in [0.15, 0.2) is 93.3 Å². The largest absolute Gasteiger partial charge is 0.496 e. The summed E-state index contributed by atoms with van der Waals surface area (Å²) in [6.07, 6.45) is 0.452. The summed E-state index contributed by atoms with van der Waals surface area (Å²) in [5, 5.41) is 4.56. The van der Waals surface area contributed by atoms with Crippen molar-refractivity contribution >= 4 is 31.7 Å².